The van der Waals surface area contributed by atoms with Gasteiger partial charge in [-0.05, 0) is 49.3 Å². The van der Waals surface area contributed by atoms with E-state index in [1.807, 2.05) is 26.0 Å². The first-order chi connectivity index (χ1) is 13.0. The van der Waals surface area contributed by atoms with Gasteiger partial charge in [-0.3, -0.25) is 0 Å². The maximum atomic E-state index is 12.3. The molecule has 0 saturated heterocycles. The summed E-state index contributed by atoms with van der Waals surface area (Å²) in [6, 6.07) is 9.59. The second-order valence-electron chi connectivity index (χ2n) is 6.27. The number of aryl methyl sites for hydroxylation is 2. The molecule has 0 aliphatic carbocycles. The number of rotatable bonds is 5. The van der Waals surface area contributed by atoms with Crippen LogP contribution in [0.2, 0.25) is 0 Å². The molecule has 0 aromatic heterocycles. The Hall–Kier alpha value is -3.21. The fourth-order valence-corrected chi connectivity index (χ4v) is 3.08. The average Bonchev–Trinajstić information content (AvgIpc) is 3.00. The van der Waals surface area contributed by atoms with E-state index in [1.54, 1.807) is 45.6 Å². The zero-order chi connectivity index (χ0) is 19.6. The van der Waals surface area contributed by atoms with E-state index < -0.39 is 5.97 Å². The highest BCUT2D eigenvalue weighted by molar-refractivity contribution is 6.05. The number of esters is 1. The van der Waals surface area contributed by atoms with Gasteiger partial charge in [0.1, 0.15) is 5.76 Å². The normalized spacial score (nSPS) is 14.8. The van der Waals surface area contributed by atoms with Crippen LogP contribution >= 0.6 is 0 Å². The molecule has 27 heavy (non-hydrogen) atoms. The van der Waals surface area contributed by atoms with Crippen LogP contribution in [0.4, 0.5) is 0 Å². The quantitative estimate of drug-likeness (QED) is 0.583. The lowest BCUT2D eigenvalue weighted by atomic mass is 10.0. The Bertz CT molecular complexity index is 928. The van der Waals surface area contributed by atoms with E-state index >= 15 is 0 Å². The van der Waals surface area contributed by atoms with Crippen molar-refractivity contribution in [1.82, 2.24) is 0 Å². The van der Waals surface area contributed by atoms with E-state index in [9.17, 15) is 4.79 Å². The minimum atomic E-state index is -0.390. The molecule has 2 aromatic rings. The zero-order valence-electron chi connectivity index (χ0n) is 16.1. The lowest BCUT2D eigenvalue weighted by molar-refractivity contribution is -0.130. The molecule has 0 amide bonds. The van der Waals surface area contributed by atoms with Gasteiger partial charge in [-0.2, -0.15) is 0 Å². The third-order valence-corrected chi connectivity index (χ3v) is 4.38. The Labute approximate surface area is 158 Å². The van der Waals surface area contributed by atoms with Crippen molar-refractivity contribution in [2.75, 3.05) is 21.3 Å². The fraction of sp³-hybridized carbons (Fsp3) is 0.227. The number of ether oxygens (including phenoxy) is 4. The van der Waals surface area contributed by atoms with E-state index in [-0.39, 0.29) is 0 Å². The summed E-state index contributed by atoms with van der Waals surface area (Å²) < 4.78 is 21.5. The van der Waals surface area contributed by atoms with Crippen LogP contribution in [0, 0.1) is 13.8 Å². The van der Waals surface area contributed by atoms with Crippen LogP contribution < -0.4 is 14.2 Å². The highest BCUT2D eigenvalue weighted by Crippen LogP contribution is 2.39. The number of carbonyl (C=O) groups excluding carboxylic acids is 1. The molecule has 5 nitrogen and oxygen atoms in total. The summed E-state index contributed by atoms with van der Waals surface area (Å²) >= 11 is 0. The Morgan fingerprint density at radius 1 is 0.926 bits per heavy atom. The molecular formula is C22H22O5. The lowest BCUT2D eigenvalue weighted by Crippen LogP contribution is -1.99. The molecule has 0 fully saturated rings. The first-order valence-electron chi connectivity index (χ1n) is 8.50. The molecule has 1 aliphatic rings. The maximum absolute atomic E-state index is 12.3. The Balaban J connectivity index is 2.02. The van der Waals surface area contributed by atoms with Gasteiger partial charge in [0.25, 0.3) is 0 Å². The highest BCUT2D eigenvalue weighted by Gasteiger charge is 2.23. The molecule has 0 saturated carbocycles. The van der Waals surface area contributed by atoms with Gasteiger partial charge in [0.05, 0.1) is 26.9 Å². The number of hydrogen-bond donors (Lipinski definition) is 0. The summed E-state index contributed by atoms with van der Waals surface area (Å²) in [6.45, 7) is 4.03. The number of hydrogen-bond acceptors (Lipinski definition) is 5. The second kappa shape index (κ2) is 7.58. The van der Waals surface area contributed by atoms with Gasteiger partial charge in [-0.1, -0.05) is 23.8 Å². The van der Waals surface area contributed by atoms with Gasteiger partial charge in [-0.15, -0.1) is 0 Å². The van der Waals surface area contributed by atoms with Crippen molar-refractivity contribution in [2.24, 2.45) is 0 Å². The van der Waals surface area contributed by atoms with Gasteiger partial charge in [0.2, 0.25) is 5.75 Å². The van der Waals surface area contributed by atoms with E-state index in [2.05, 4.69) is 6.07 Å². The van der Waals surface area contributed by atoms with Gasteiger partial charge < -0.3 is 18.9 Å². The molecule has 1 aliphatic heterocycles. The van der Waals surface area contributed by atoms with Crippen molar-refractivity contribution in [2.45, 2.75) is 13.8 Å². The molecule has 0 N–H and O–H groups in total. The predicted molar refractivity (Wildman–Crippen MR) is 104 cm³/mol. The zero-order valence-corrected chi connectivity index (χ0v) is 16.1. The van der Waals surface area contributed by atoms with Crippen LogP contribution in [0.3, 0.4) is 0 Å². The van der Waals surface area contributed by atoms with Gasteiger partial charge >= 0.3 is 5.97 Å². The minimum absolute atomic E-state index is 0.390. The summed E-state index contributed by atoms with van der Waals surface area (Å²) in [6.07, 6.45) is 3.49. The number of benzene rings is 2. The van der Waals surface area contributed by atoms with Crippen molar-refractivity contribution >= 4 is 17.8 Å². The molecule has 1 heterocycles. The Kier molecular flexibility index (Phi) is 5.21. The molecule has 2 aromatic carbocycles. The smallest absolute Gasteiger partial charge is 0.343 e. The predicted octanol–water partition coefficient (Wildman–Crippen LogP) is 4.31. The third-order valence-electron chi connectivity index (χ3n) is 4.38. The topological polar surface area (TPSA) is 54.0 Å². The van der Waals surface area contributed by atoms with Crippen LogP contribution in [0.1, 0.15) is 22.3 Å². The lowest BCUT2D eigenvalue weighted by Gasteiger charge is -2.12. The van der Waals surface area contributed by atoms with Crippen molar-refractivity contribution in [1.29, 1.82) is 0 Å². The van der Waals surface area contributed by atoms with Crippen molar-refractivity contribution in [3.05, 3.63) is 64.2 Å². The summed E-state index contributed by atoms with van der Waals surface area (Å²) in [5.74, 6) is 1.71. The van der Waals surface area contributed by atoms with E-state index in [4.69, 9.17) is 18.9 Å². The van der Waals surface area contributed by atoms with Crippen molar-refractivity contribution in [3.63, 3.8) is 0 Å². The summed E-state index contributed by atoms with van der Waals surface area (Å²) in [5.41, 5.74) is 4.33. The first kappa shape index (κ1) is 18.6. The highest BCUT2D eigenvalue weighted by atomic mass is 16.5. The molecule has 0 unspecified atom stereocenters. The SMILES string of the molecule is COc1cc(C=C2C=C(c3ccc(C)cc3C)OC2=O)cc(OC)c1OC. The Morgan fingerprint density at radius 3 is 2.15 bits per heavy atom. The van der Waals surface area contributed by atoms with Crippen LogP contribution in [-0.2, 0) is 9.53 Å². The minimum Gasteiger partial charge on any atom is -0.493 e. The van der Waals surface area contributed by atoms with Crippen molar-refractivity contribution in [3.8, 4) is 17.2 Å². The monoisotopic (exact) mass is 366 g/mol. The van der Waals surface area contributed by atoms with Crippen LogP contribution in [0.25, 0.3) is 11.8 Å². The molecule has 0 bridgehead atoms. The fourth-order valence-electron chi connectivity index (χ4n) is 3.08. The molecule has 140 valence electrons. The van der Waals surface area contributed by atoms with E-state index in [0.717, 1.165) is 22.3 Å². The first-order valence-corrected chi connectivity index (χ1v) is 8.50. The molecule has 5 heteroatoms. The summed E-state index contributed by atoms with van der Waals surface area (Å²) in [4.78, 5) is 12.3. The average molecular weight is 366 g/mol. The van der Waals surface area contributed by atoms with Crippen molar-refractivity contribution < 1.29 is 23.7 Å². The molecule has 0 spiro atoms. The summed E-state index contributed by atoms with van der Waals surface area (Å²) in [7, 11) is 4.65. The Morgan fingerprint density at radius 2 is 1.59 bits per heavy atom. The van der Waals surface area contributed by atoms with Gasteiger partial charge in [0.15, 0.2) is 11.5 Å². The van der Waals surface area contributed by atoms with Crippen LogP contribution in [0.15, 0.2) is 42.0 Å². The van der Waals surface area contributed by atoms with E-state index in [1.165, 1.54) is 0 Å². The largest absolute Gasteiger partial charge is 0.493 e. The standard InChI is InChI=1S/C22H22O5/c1-13-6-7-17(14(2)8-13)18-12-16(22(23)27-18)9-15-10-19(24-3)21(26-5)20(11-15)25-4/h6-12H,1-5H3. The molecular weight excluding hydrogens is 344 g/mol. The van der Waals surface area contributed by atoms with Crippen LogP contribution in [0.5, 0.6) is 17.2 Å². The summed E-state index contributed by atoms with van der Waals surface area (Å²) in [5, 5.41) is 0. The van der Waals surface area contributed by atoms with Gasteiger partial charge in [-0.25, -0.2) is 4.79 Å². The second-order valence-corrected chi connectivity index (χ2v) is 6.27. The van der Waals surface area contributed by atoms with Gasteiger partial charge in [0, 0.05) is 5.56 Å². The maximum Gasteiger partial charge on any atom is 0.343 e. The number of cyclic esters (lactones) is 1. The molecule has 0 atom stereocenters. The molecule has 0 radical (unpaired) electrons. The number of methoxy groups -OCH3 is 3. The molecule has 3 rings (SSSR count). The number of carbonyl (C=O) groups is 1. The van der Waals surface area contributed by atoms with E-state index in [0.29, 0.717) is 28.6 Å². The third kappa shape index (κ3) is 3.67. The van der Waals surface area contributed by atoms with Crippen LogP contribution in [-0.4, -0.2) is 27.3 Å².